The molecule has 0 unspecified atom stereocenters. The zero-order valence-corrected chi connectivity index (χ0v) is 15.7. The fourth-order valence-corrected chi connectivity index (χ4v) is 2.70. The number of hydrogen-bond donors (Lipinski definition) is 2. The highest BCUT2D eigenvalue weighted by Gasteiger charge is 2.10. The number of ether oxygens (including phenoxy) is 2. The summed E-state index contributed by atoms with van der Waals surface area (Å²) in [6, 6.07) is 13.1. The number of rotatable bonds is 8. The van der Waals surface area contributed by atoms with E-state index < -0.39 is 0 Å². The Balaban J connectivity index is 1.93. The molecule has 0 saturated carbocycles. The van der Waals surface area contributed by atoms with Crippen molar-refractivity contribution in [2.45, 2.75) is 6.92 Å². The van der Waals surface area contributed by atoms with Gasteiger partial charge in [-0.05, 0) is 52.7 Å². The number of methoxy groups -OCH3 is 1. The van der Waals surface area contributed by atoms with Crippen LogP contribution in [0.4, 0.5) is 5.69 Å². The summed E-state index contributed by atoms with van der Waals surface area (Å²) in [4.78, 5) is 11.8. The fourth-order valence-electron chi connectivity index (χ4n) is 2.08. The van der Waals surface area contributed by atoms with Crippen LogP contribution in [0.1, 0.15) is 12.5 Å². The molecular weight excluding hydrogens is 386 g/mol. The minimum Gasteiger partial charge on any atom is -0.492 e. The fraction of sp³-hybridized carbons (Fsp3) is 0.222. The molecular formula is C18H20BrN3O3. The Kier molecular flexibility index (Phi) is 7.28. The Labute approximate surface area is 155 Å². The number of hydrogen-bond acceptors (Lipinski definition) is 5. The molecule has 0 spiro atoms. The first kappa shape index (κ1) is 18.8. The van der Waals surface area contributed by atoms with Gasteiger partial charge in [0.15, 0.2) is 11.5 Å². The van der Waals surface area contributed by atoms with Gasteiger partial charge in [0.1, 0.15) is 0 Å². The number of hydrazone groups is 1. The van der Waals surface area contributed by atoms with Crippen molar-refractivity contribution in [2.24, 2.45) is 5.10 Å². The third kappa shape index (κ3) is 5.79. The Bertz CT molecular complexity index is 736. The van der Waals surface area contributed by atoms with Gasteiger partial charge >= 0.3 is 0 Å². The van der Waals surface area contributed by atoms with Crippen LogP contribution in [0, 0.1) is 0 Å². The molecule has 2 rings (SSSR count). The van der Waals surface area contributed by atoms with Crippen LogP contribution in [0.3, 0.4) is 0 Å². The van der Waals surface area contributed by atoms with Gasteiger partial charge in [-0.2, -0.15) is 5.10 Å². The number of amides is 1. The Morgan fingerprint density at radius 3 is 2.72 bits per heavy atom. The van der Waals surface area contributed by atoms with Crippen molar-refractivity contribution < 1.29 is 14.3 Å². The van der Waals surface area contributed by atoms with Gasteiger partial charge in [0.05, 0.1) is 30.9 Å². The summed E-state index contributed by atoms with van der Waals surface area (Å²) in [6.07, 6.45) is 1.55. The highest BCUT2D eigenvalue weighted by molar-refractivity contribution is 9.10. The van der Waals surface area contributed by atoms with Crippen LogP contribution in [0.2, 0.25) is 0 Å². The smallest absolute Gasteiger partial charge is 0.259 e. The average molecular weight is 406 g/mol. The van der Waals surface area contributed by atoms with E-state index >= 15 is 0 Å². The first-order valence-corrected chi connectivity index (χ1v) is 8.54. The van der Waals surface area contributed by atoms with E-state index in [0.29, 0.717) is 18.1 Å². The third-order valence-corrected chi connectivity index (χ3v) is 3.75. The summed E-state index contributed by atoms with van der Waals surface area (Å²) in [6.45, 7) is 2.55. The SMILES string of the molecule is CCOc1cc(/C=N\NC(=O)CNc2ccccc2)cc(Br)c1OC. The third-order valence-electron chi connectivity index (χ3n) is 3.17. The van der Waals surface area contributed by atoms with Gasteiger partial charge in [0.2, 0.25) is 0 Å². The molecule has 0 heterocycles. The van der Waals surface area contributed by atoms with Crippen molar-refractivity contribution in [1.29, 1.82) is 0 Å². The number of carbonyl (C=O) groups excluding carboxylic acids is 1. The van der Waals surface area contributed by atoms with Crippen molar-refractivity contribution in [2.75, 3.05) is 25.6 Å². The van der Waals surface area contributed by atoms with Crippen molar-refractivity contribution in [3.63, 3.8) is 0 Å². The van der Waals surface area contributed by atoms with E-state index in [1.807, 2.05) is 43.3 Å². The summed E-state index contributed by atoms with van der Waals surface area (Å²) in [5.74, 6) is 0.991. The number of halogens is 1. The molecule has 2 N–H and O–H groups in total. The minimum absolute atomic E-state index is 0.137. The van der Waals surface area contributed by atoms with Crippen LogP contribution in [-0.4, -0.2) is 32.4 Å². The van der Waals surface area contributed by atoms with Gasteiger partial charge in [-0.1, -0.05) is 18.2 Å². The van der Waals surface area contributed by atoms with E-state index in [4.69, 9.17) is 9.47 Å². The molecule has 0 radical (unpaired) electrons. The van der Waals surface area contributed by atoms with E-state index in [9.17, 15) is 4.79 Å². The van der Waals surface area contributed by atoms with Gasteiger partial charge in [-0.25, -0.2) is 5.43 Å². The molecule has 6 nitrogen and oxygen atoms in total. The number of anilines is 1. The van der Waals surface area contributed by atoms with E-state index in [1.165, 1.54) is 0 Å². The lowest BCUT2D eigenvalue weighted by atomic mass is 10.2. The Morgan fingerprint density at radius 1 is 1.28 bits per heavy atom. The summed E-state index contributed by atoms with van der Waals surface area (Å²) >= 11 is 3.44. The summed E-state index contributed by atoms with van der Waals surface area (Å²) in [5, 5.41) is 6.98. The van der Waals surface area contributed by atoms with Crippen LogP contribution in [0.5, 0.6) is 11.5 Å². The molecule has 0 aliphatic rings. The Morgan fingerprint density at radius 2 is 2.04 bits per heavy atom. The predicted octanol–water partition coefficient (Wildman–Crippen LogP) is 3.42. The second-order valence-electron chi connectivity index (χ2n) is 4.98. The van der Waals surface area contributed by atoms with Crippen LogP contribution in [-0.2, 0) is 4.79 Å². The topological polar surface area (TPSA) is 72.0 Å². The highest BCUT2D eigenvalue weighted by Crippen LogP contribution is 2.36. The van der Waals surface area contributed by atoms with Crippen LogP contribution < -0.4 is 20.2 Å². The molecule has 25 heavy (non-hydrogen) atoms. The molecule has 2 aromatic carbocycles. The lowest BCUT2D eigenvalue weighted by Crippen LogP contribution is -2.25. The monoisotopic (exact) mass is 405 g/mol. The van der Waals surface area contributed by atoms with Crippen molar-refractivity contribution in [3.05, 3.63) is 52.5 Å². The normalized spacial score (nSPS) is 10.5. The molecule has 0 bridgehead atoms. The first-order chi connectivity index (χ1) is 12.1. The predicted molar refractivity (Wildman–Crippen MR) is 103 cm³/mol. The largest absolute Gasteiger partial charge is 0.492 e. The number of benzene rings is 2. The standard InChI is InChI=1S/C18H20BrN3O3/c1-3-25-16-10-13(9-15(19)18(16)24-2)11-21-22-17(23)12-20-14-7-5-4-6-8-14/h4-11,20H,3,12H2,1-2H3,(H,22,23)/b21-11-. The van der Waals surface area contributed by atoms with E-state index in [2.05, 4.69) is 31.8 Å². The number of para-hydroxylation sites is 1. The molecule has 0 aromatic heterocycles. The zero-order chi connectivity index (χ0) is 18.1. The molecule has 0 aliphatic heterocycles. The molecule has 1 amide bonds. The van der Waals surface area contributed by atoms with E-state index in [-0.39, 0.29) is 12.5 Å². The van der Waals surface area contributed by atoms with Crippen LogP contribution >= 0.6 is 15.9 Å². The van der Waals surface area contributed by atoms with Crippen LogP contribution in [0.15, 0.2) is 52.0 Å². The minimum atomic E-state index is -0.238. The maximum atomic E-state index is 11.8. The van der Waals surface area contributed by atoms with Crippen molar-refractivity contribution in [3.8, 4) is 11.5 Å². The van der Waals surface area contributed by atoms with Crippen LogP contribution in [0.25, 0.3) is 0 Å². The molecule has 0 saturated heterocycles. The van der Waals surface area contributed by atoms with Crippen molar-refractivity contribution in [1.82, 2.24) is 5.43 Å². The maximum Gasteiger partial charge on any atom is 0.259 e. The van der Waals surface area contributed by atoms with Gasteiger partial charge < -0.3 is 14.8 Å². The molecule has 0 fully saturated rings. The van der Waals surface area contributed by atoms with Gasteiger partial charge in [0.25, 0.3) is 5.91 Å². The lowest BCUT2D eigenvalue weighted by molar-refractivity contribution is -0.119. The molecule has 0 aliphatic carbocycles. The molecule has 2 aromatic rings. The zero-order valence-electron chi connectivity index (χ0n) is 14.1. The summed E-state index contributed by atoms with van der Waals surface area (Å²) in [7, 11) is 1.58. The van der Waals surface area contributed by atoms with Gasteiger partial charge in [-0.3, -0.25) is 4.79 Å². The quantitative estimate of drug-likeness (QED) is 0.521. The lowest BCUT2D eigenvalue weighted by Gasteiger charge is -2.11. The van der Waals surface area contributed by atoms with Crippen molar-refractivity contribution >= 4 is 33.7 Å². The summed E-state index contributed by atoms with van der Waals surface area (Å²) in [5.41, 5.74) is 4.13. The number of carbonyl (C=O) groups is 1. The van der Waals surface area contributed by atoms with E-state index in [0.717, 1.165) is 15.7 Å². The average Bonchev–Trinajstić information content (AvgIpc) is 2.61. The van der Waals surface area contributed by atoms with Gasteiger partial charge in [-0.15, -0.1) is 0 Å². The second-order valence-corrected chi connectivity index (χ2v) is 5.83. The number of nitrogens with zero attached hydrogens (tertiary/aromatic N) is 1. The second kappa shape index (κ2) is 9.68. The van der Waals surface area contributed by atoms with E-state index in [1.54, 1.807) is 19.4 Å². The van der Waals surface area contributed by atoms with Gasteiger partial charge in [0, 0.05) is 5.69 Å². The Hall–Kier alpha value is -2.54. The molecule has 0 atom stereocenters. The first-order valence-electron chi connectivity index (χ1n) is 7.75. The highest BCUT2D eigenvalue weighted by atomic mass is 79.9. The molecule has 132 valence electrons. The summed E-state index contributed by atoms with van der Waals surface area (Å²) < 4.78 is 11.6. The number of nitrogens with one attached hydrogen (secondary N) is 2. The molecule has 7 heteroatoms. The maximum absolute atomic E-state index is 11.8.